The predicted molar refractivity (Wildman–Crippen MR) is 60.5 cm³/mol. The highest BCUT2D eigenvalue weighted by Gasteiger charge is 1.94. The molecule has 0 atom stereocenters. The zero-order chi connectivity index (χ0) is 11.3. The van der Waals surface area contributed by atoms with Gasteiger partial charge < -0.3 is 16.6 Å². The summed E-state index contributed by atoms with van der Waals surface area (Å²) in [6.07, 6.45) is 1.61. The fourth-order valence-electron chi connectivity index (χ4n) is 0.790. The molecule has 5 nitrogen and oxygen atoms in total. The third-order valence-corrected chi connectivity index (χ3v) is 1.80. The summed E-state index contributed by atoms with van der Waals surface area (Å²) in [5.41, 5.74) is 11.0. The first-order valence-electron chi connectivity index (χ1n) is 4.08. The van der Waals surface area contributed by atoms with E-state index in [9.17, 15) is 0 Å². The standard InChI is InChI=1S/C6H6ClNO.C3H5N3/c7-5-3-4(8)1-2-6(5)9;4-3-1-2-5-6-3/h1-3,9H,8H2;1-2H,(H3,4,5,6). The Labute approximate surface area is 91.7 Å². The minimum Gasteiger partial charge on any atom is -0.506 e. The van der Waals surface area contributed by atoms with Gasteiger partial charge in [0.05, 0.1) is 11.2 Å². The number of nitrogens with zero attached hydrogens (tertiary/aromatic N) is 1. The van der Waals surface area contributed by atoms with Crippen LogP contribution in [0.3, 0.4) is 0 Å². The van der Waals surface area contributed by atoms with Crippen LogP contribution >= 0.6 is 11.6 Å². The number of aromatic nitrogens is 2. The van der Waals surface area contributed by atoms with Crippen molar-refractivity contribution in [2.45, 2.75) is 0 Å². The van der Waals surface area contributed by atoms with Gasteiger partial charge in [-0.15, -0.1) is 0 Å². The van der Waals surface area contributed by atoms with E-state index in [2.05, 4.69) is 10.2 Å². The summed E-state index contributed by atoms with van der Waals surface area (Å²) in [7, 11) is 0. The average molecular weight is 227 g/mol. The molecule has 0 spiro atoms. The summed E-state index contributed by atoms with van der Waals surface area (Å²) in [4.78, 5) is 0. The summed E-state index contributed by atoms with van der Waals surface area (Å²) in [6.45, 7) is 0. The first-order valence-corrected chi connectivity index (χ1v) is 4.46. The highest BCUT2D eigenvalue weighted by molar-refractivity contribution is 6.32. The van der Waals surface area contributed by atoms with E-state index in [1.807, 2.05) is 0 Å². The minimum atomic E-state index is 0.0610. The number of nitrogens with one attached hydrogen (secondary N) is 1. The van der Waals surface area contributed by atoms with Crippen molar-refractivity contribution in [2.75, 3.05) is 11.5 Å². The lowest BCUT2D eigenvalue weighted by molar-refractivity contribution is 0.475. The molecule has 0 fully saturated rings. The van der Waals surface area contributed by atoms with Crippen molar-refractivity contribution in [3.8, 4) is 5.75 Å². The number of aromatic amines is 1. The summed E-state index contributed by atoms with van der Waals surface area (Å²) in [6, 6.07) is 6.23. The first-order chi connectivity index (χ1) is 7.09. The van der Waals surface area contributed by atoms with E-state index in [-0.39, 0.29) is 10.8 Å². The van der Waals surface area contributed by atoms with Gasteiger partial charge in [0.2, 0.25) is 0 Å². The molecule has 0 saturated heterocycles. The summed E-state index contributed by atoms with van der Waals surface area (Å²) in [5.74, 6) is 0.667. The van der Waals surface area contributed by atoms with Crippen molar-refractivity contribution in [1.82, 2.24) is 10.2 Å². The van der Waals surface area contributed by atoms with Gasteiger partial charge in [0.15, 0.2) is 0 Å². The smallest absolute Gasteiger partial charge is 0.134 e. The maximum absolute atomic E-state index is 8.86. The number of nitrogen functional groups attached to an aromatic ring is 2. The Morgan fingerprint density at radius 1 is 1.27 bits per heavy atom. The lowest BCUT2D eigenvalue weighted by Crippen LogP contribution is -1.81. The molecule has 1 heterocycles. The number of benzene rings is 1. The van der Waals surface area contributed by atoms with Crippen LogP contribution in [0, 0.1) is 0 Å². The number of phenolic OH excluding ortho intramolecular Hbond substituents is 1. The fraction of sp³-hybridized carbons (Fsp3) is 0. The Morgan fingerprint density at radius 2 is 2.00 bits per heavy atom. The van der Waals surface area contributed by atoms with Crippen molar-refractivity contribution in [3.05, 3.63) is 35.5 Å². The number of rotatable bonds is 0. The van der Waals surface area contributed by atoms with Crippen molar-refractivity contribution < 1.29 is 5.11 Å². The molecule has 0 bridgehead atoms. The van der Waals surface area contributed by atoms with E-state index in [1.165, 1.54) is 12.1 Å². The minimum absolute atomic E-state index is 0.0610. The Morgan fingerprint density at radius 3 is 2.33 bits per heavy atom. The second-order valence-corrected chi connectivity index (χ2v) is 3.13. The van der Waals surface area contributed by atoms with E-state index in [0.717, 1.165) is 0 Å². The van der Waals surface area contributed by atoms with Crippen LogP contribution in [0.4, 0.5) is 11.5 Å². The Bertz CT molecular complexity index is 416. The summed E-state index contributed by atoms with van der Waals surface area (Å²) < 4.78 is 0. The lowest BCUT2D eigenvalue weighted by Gasteiger charge is -1.95. The predicted octanol–water partition coefficient (Wildman–Crippen LogP) is 1.62. The van der Waals surface area contributed by atoms with Gasteiger partial charge in [0.1, 0.15) is 11.6 Å². The van der Waals surface area contributed by atoms with Gasteiger partial charge in [-0.1, -0.05) is 11.6 Å². The number of aromatic hydroxyl groups is 1. The van der Waals surface area contributed by atoms with Crippen LogP contribution in [0.1, 0.15) is 0 Å². The van der Waals surface area contributed by atoms with Gasteiger partial charge in [-0.05, 0) is 24.3 Å². The molecule has 0 amide bonds. The van der Waals surface area contributed by atoms with Crippen molar-refractivity contribution in [1.29, 1.82) is 0 Å². The number of phenols is 1. The van der Waals surface area contributed by atoms with E-state index in [0.29, 0.717) is 11.5 Å². The summed E-state index contributed by atoms with van der Waals surface area (Å²) >= 11 is 5.48. The molecule has 0 aliphatic carbocycles. The Hall–Kier alpha value is -1.88. The van der Waals surface area contributed by atoms with Crippen LogP contribution in [-0.2, 0) is 0 Å². The zero-order valence-electron chi connectivity index (χ0n) is 7.81. The van der Waals surface area contributed by atoms with Crippen LogP contribution in [0.2, 0.25) is 5.02 Å². The topological polar surface area (TPSA) is 101 Å². The van der Waals surface area contributed by atoms with Gasteiger partial charge in [-0.3, -0.25) is 5.10 Å². The number of hydrogen-bond acceptors (Lipinski definition) is 4. The molecule has 15 heavy (non-hydrogen) atoms. The second kappa shape index (κ2) is 5.11. The molecule has 1 aromatic carbocycles. The van der Waals surface area contributed by atoms with E-state index in [4.69, 9.17) is 28.2 Å². The normalized spacial score (nSPS) is 9.13. The Balaban J connectivity index is 0.000000162. The molecule has 0 aliphatic heterocycles. The number of hydrogen-bond donors (Lipinski definition) is 4. The number of anilines is 2. The van der Waals surface area contributed by atoms with Crippen LogP contribution in [0.5, 0.6) is 5.75 Å². The molecule has 0 radical (unpaired) electrons. The van der Waals surface area contributed by atoms with E-state index >= 15 is 0 Å². The third-order valence-electron chi connectivity index (χ3n) is 1.49. The van der Waals surface area contributed by atoms with Gasteiger partial charge in [0.25, 0.3) is 0 Å². The first kappa shape index (κ1) is 11.2. The zero-order valence-corrected chi connectivity index (χ0v) is 8.57. The molecule has 6 heteroatoms. The second-order valence-electron chi connectivity index (χ2n) is 2.72. The summed E-state index contributed by atoms with van der Waals surface area (Å²) in [5, 5.41) is 15.2. The SMILES string of the molecule is Nc1ccc(O)c(Cl)c1.Nc1ccn[nH]1. The van der Waals surface area contributed by atoms with E-state index in [1.54, 1.807) is 18.3 Å². The fourth-order valence-corrected chi connectivity index (χ4v) is 0.979. The van der Waals surface area contributed by atoms with Gasteiger partial charge in [0, 0.05) is 5.69 Å². The maximum Gasteiger partial charge on any atom is 0.134 e. The molecule has 2 rings (SSSR count). The van der Waals surface area contributed by atoms with Crippen molar-refractivity contribution >= 4 is 23.1 Å². The van der Waals surface area contributed by atoms with Crippen LogP contribution in [0.25, 0.3) is 0 Å². The molecular formula is C9H11ClN4O. The molecule has 0 saturated carbocycles. The molecular weight excluding hydrogens is 216 g/mol. The number of nitrogens with two attached hydrogens (primary N) is 2. The molecule has 1 aromatic heterocycles. The Kier molecular flexibility index (Phi) is 3.82. The molecule has 2 aromatic rings. The van der Waals surface area contributed by atoms with Gasteiger partial charge in [-0.2, -0.15) is 5.10 Å². The maximum atomic E-state index is 8.86. The number of halogens is 1. The molecule has 6 N–H and O–H groups in total. The average Bonchev–Trinajstić information content (AvgIpc) is 2.64. The van der Waals surface area contributed by atoms with Crippen molar-refractivity contribution in [2.24, 2.45) is 0 Å². The molecule has 80 valence electrons. The van der Waals surface area contributed by atoms with Gasteiger partial charge >= 0.3 is 0 Å². The lowest BCUT2D eigenvalue weighted by atomic mass is 10.3. The van der Waals surface area contributed by atoms with Crippen molar-refractivity contribution in [3.63, 3.8) is 0 Å². The third kappa shape index (κ3) is 3.78. The molecule has 0 unspecified atom stereocenters. The number of H-pyrrole nitrogens is 1. The largest absolute Gasteiger partial charge is 0.506 e. The van der Waals surface area contributed by atoms with Gasteiger partial charge in [-0.25, -0.2) is 0 Å². The molecule has 0 aliphatic rings. The quantitative estimate of drug-likeness (QED) is 0.405. The highest BCUT2D eigenvalue weighted by Crippen LogP contribution is 2.24. The van der Waals surface area contributed by atoms with Crippen LogP contribution < -0.4 is 11.5 Å². The van der Waals surface area contributed by atoms with Crippen LogP contribution in [-0.4, -0.2) is 15.3 Å². The van der Waals surface area contributed by atoms with Crippen LogP contribution in [0.15, 0.2) is 30.5 Å². The van der Waals surface area contributed by atoms with E-state index < -0.39 is 0 Å². The monoisotopic (exact) mass is 226 g/mol. The highest BCUT2D eigenvalue weighted by atomic mass is 35.5.